The predicted molar refractivity (Wildman–Crippen MR) is 80.0 cm³/mol. The van der Waals surface area contributed by atoms with E-state index in [-0.39, 0.29) is 0 Å². The number of hydrogen-bond acceptors (Lipinski definition) is 7. The molecule has 0 aromatic carbocycles. The second-order valence-electron chi connectivity index (χ2n) is 5.40. The normalized spacial score (nSPS) is 22.4. The highest BCUT2D eigenvalue weighted by molar-refractivity contribution is 5.52. The van der Waals surface area contributed by atoms with E-state index in [1.54, 1.807) is 12.4 Å². The van der Waals surface area contributed by atoms with Crippen molar-refractivity contribution in [2.45, 2.75) is 12.1 Å². The standard InChI is InChI=1S/C14H20N6O2/c21-14(8-16-5-6-22-10-14)9-17-7-12-18-13(20-19-12)11-1-3-15-4-2-11/h1-4,16-17,21H,5-10H2,(H,18,19,20)/t14-/m1/s1. The lowest BCUT2D eigenvalue weighted by atomic mass is 10.1. The van der Waals surface area contributed by atoms with Crippen molar-refractivity contribution in [3.05, 3.63) is 30.4 Å². The van der Waals surface area contributed by atoms with Crippen LogP contribution in [0.5, 0.6) is 0 Å². The minimum Gasteiger partial charge on any atom is -0.385 e. The maximum absolute atomic E-state index is 10.4. The van der Waals surface area contributed by atoms with Crippen LogP contribution in [0, 0.1) is 0 Å². The van der Waals surface area contributed by atoms with Gasteiger partial charge in [-0.1, -0.05) is 0 Å². The smallest absolute Gasteiger partial charge is 0.181 e. The lowest BCUT2D eigenvalue weighted by Crippen LogP contribution is -2.50. The number of hydrogen-bond donors (Lipinski definition) is 4. The minimum absolute atomic E-state index is 0.325. The van der Waals surface area contributed by atoms with Crippen LogP contribution < -0.4 is 10.6 Å². The van der Waals surface area contributed by atoms with Crippen molar-refractivity contribution in [1.29, 1.82) is 0 Å². The minimum atomic E-state index is -0.898. The van der Waals surface area contributed by atoms with Gasteiger partial charge in [-0.05, 0) is 12.1 Å². The molecule has 2 aromatic rings. The van der Waals surface area contributed by atoms with Crippen LogP contribution in [-0.2, 0) is 11.3 Å². The zero-order valence-corrected chi connectivity index (χ0v) is 12.2. The van der Waals surface area contributed by atoms with Crippen molar-refractivity contribution in [2.75, 3.05) is 32.8 Å². The van der Waals surface area contributed by atoms with Crippen molar-refractivity contribution in [3.63, 3.8) is 0 Å². The van der Waals surface area contributed by atoms with Crippen LogP contribution in [0.1, 0.15) is 5.82 Å². The molecule has 2 aromatic heterocycles. The van der Waals surface area contributed by atoms with Crippen LogP contribution in [-0.4, -0.2) is 63.7 Å². The Morgan fingerprint density at radius 2 is 2.23 bits per heavy atom. The fourth-order valence-electron chi connectivity index (χ4n) is 2.31. The molecular formula is C14H20N6O2. The third-order valence-electron chi connectivity index (χ3n) is 3.46. The summed E-state index contributed by atoms with van der Waals surface area (Å²) in [6, 6.07) is 3.72. The predicted octanol–water partition coefficient (Wildman–Crippen LogP) is -0.693. The Kier molecular flexibility index (Phi) is 4.74. The largest absolute Gasteiger partial charge is 0.385 e. The highest BCUT2D eigenvalue weighted by Gasteiger charge is 2.28. The van der Waals surface area contributed by atoms with Gasteiger partial charge in [0.05, 0.1) is 19.8 Å². The maximum atomic E-state index is 10.4. The first-order valence-corrected chi connectivity index (χ1v) is 7.28. The zero-order valence-electron chi connectivity index (χ0n) is 12.2. The third-order valence-corrected chi connectivity index (χ3v) is 3.46. The first-order chi connectivity index (χ1) is 10.8. The van der Waals surface area contributed by atoms with Crippen LogP contribution in [0.4, 0.5) is 0 Å². The van der Waals surface area contributed by atoms with E-state index in [1.165, 1.54) is 0 Å². The van der Waals surface area contributed by atoms with E-state index in [4.69, 9.17) is 4.74 Å². The maximum Gasteiger partial charge on any atom is 0.181 e. The Bertz CT molecular complexity index is 580. The van der Waals surface area contributed by atoms with Crippen molar-refractivity contribution < 1.29 is 9.84 Å². The molecule has 0 amide bonds. The molecule has 1 atom stereocenters. The lowest BCUT2D eigenvalue weighted by molar-refractivity contribution is -0.0265. The van der Waals surface area contributed by atoms with Crippen LogP contribution in [0.2, 0.25) is 0 Å². The van der Waals surface area contributed by atoms with Crippen LogP contribution in [0.15, 0.2) is 24.5 Å². The Labute approximate surface area is 128 Å². The highest BCUT2D eigenvalue weighted by atomic mass is 16.5. The number of aromatic nitrogens is 4. The van der Waals surface area contributed by atoms with E-state index >= 15 is 0 Å². The summed E-state index contributed by atoms with van der Waals surface area (Å²) in [6.45, 7) is 3.15. The van der Waals surface area contributed by atoms with Crippen LogP contribution in [0.25, 0.3) is 11.4 Å². The molecule has 3 rings (SSSR count). The van der Waals surface area contributed by atoms with Gasteiger partial charge in [0.2, 0.25) is 0 Å². The molecule has 0 saturated carbocycles. The van der Waals surface area contributed by atoms with Gasteiger partial charge >= 0.3 is 0 Å². The SMILES string of the molecule is O[C@@]1(CNCc2nc(-c3ccncc3)n[nH]2)CNCCOC1. The third kappa shape index (κ3) is 3.86. The Morgan fingerprint density at radius 1 is 1.36 bits per heavy atom. The summed E-state index contributed by atoms with van der Waals surface area (Å²) in [5, 5.41) is 23.8. The van der Waals surface area contributed by atoms with Crippen molar-refractivity contribution in [2.24, 2.45) is 0 Å². The summed E-state index contributed by atoms with van der Waals surface area (Å²) in [5.41, 5.74) is 0.0160. The van der Waals surface area contributed by atoms with Gasteiger partial charge in [-0.3, -0.25) is 10.1 Å². The van der Waals surface area contributed by atoms with Gasteiger partial charge in [0.1, 0.15) is 11.4 Å². The molecular weight excluding hydrogens is 284 g/mol. The second kappa shape index (κ2) is 6.93. The summed E-state index contributed by atoms with van der Waals surface area (Å²) in [5.74, 6) is 1.36. The van der Waals surface area contributed by atoms with Crippen LogP contribution in [0.3, 0.4) is 0 Å². The van der Waals surface area contributed by atoms with E-state index in [0.29, 0.717) is 38.7 Å². The molecule has 1 saturated heterocycles. The zero-order chi connectivity index (χ0) is 15.3. The monoisotopic (exact) mass is 304 g/mol. The summed E-state index contributed by atoms with van der Waals surface area (Å²) in [6.07, 6.45) is 3.41. The van der Waals surface area contributed by atoms with Gasteiger partial charge in [0.15, 0.2) is 5.82 Å². The fourth-order valence-corrected chi connectivity index (χ4v) is 2.31. The van der Waals surface area contributed by atoms with Crippen molar-refractivity contribution in [1.82, 2.24) is 30.8 Å². The number of β-amino-alcohol motifs (C(OH)–C–C–N with tert-alkyl or cyclic N) is 1. The number of aliphatic hydroxyl groups is 1. The van der Waals surface area contributed by atoms with Gasteiger partial charge < -0.3 is 20.5 Å². The number of nitrogens with zero attached hydrogens (tertiary/aromatic N) is 3. The van der Waals surface area contributed by atoms with Crippen LogP contribution >= 0.6 is 0 Å². The topological polar surface area (TPSA) is 108 Å². The van der Waals surface area contributed by atoms with E-state index in [0.717, 1.165) is 17.9 Å². The quantitative estimate of drug-likeness (QED) is 0.579. The molecule has 4 N–H and O–H groups in total. The second-order valence-corrected chi connectivity index (χ2v) is 5.40. The summed E-state index contributed by atoms with van der Waals surface area (Å²) < 4.78 is 5.38. The van der Waals surface area contributed by atoms with Crippen molar-refractivity contribution in [3.8, 4) is 11.4 Å². The molecule has 8 nitrogen and oxygen atoms in total. The molecule has 118 valence electrons. The van der Waals surface area contributed by atoms with E-state index in [9.17, 15) is 5.11 Å². The Hall–Kier alpha value is -1.87. The Balaban J connectivity index is 1.53. The number of nitrogens with one attached hydrogen (secondary N) is 3. The number of aromatic amines is 1. The molecule has 1 aliphatic heterocycles. The summed E-state index contributed by atoms with van der Waals surface area (Å²) >= 11 is 0. The average molecular weight is 304 g/mol. The first-order valence-electron chi connectivity index (χ1n) is 7.28. The average Bonchev–Trinajstić information content (AvgIpc) is 2.90. The van der Waals surface area contributed by atoms with Gasteiger partial charge in [-0.2, -0.15) is 5.10 Å². The van der Waals surface area contributed by atoms with E-state index in [1.807, 2.05) is 12.1 Å². The first kappa shape index (κ1) is 15.0. The molecule has 1 fully saturated rings. The lowest BCUT2D eigenvalue weighted by Gasteiger charge is -2.25. The van der Waals surface area contributed by atoms with Gasteiger partial charge in [-0.15, -0.1) is 0 Å². The van der Waals surface area contributed by atoms with Gasteiger partial charge in [0.25, 0.3) is 0 Å². The number of pyridine rings is 1. The van der Waals surface area contributed by atoms with E-state index < -0.39 is 5.60 Å². The molecule has 0 unspecified atom stereocenters. The number of H-pyrrole nitrogens is 1. The molecule has 0 spiro atoms. The molecule has 22 heavy (non-hydrogen) atoms. The molecule has 0 aliphatic carbocycles. The molecule has 8 heteroatoms. The molecule has 3 heterocycles. The Morgan fingerprint density at radius 3 is 3.09 bits per heavy atom. The molecule has 0 bridgehead atoms. The van der Waals surface area contributed by atoms with Gasteiger partial charge in [-0.25, -0.2) is 4.98 Å². The van der Waals surface area contributed by atoms with Crippen molar-refractivity contribution >= 4 is 0 Å². The van der Waals surface area contributed by atoms with E-state index in [2.05, 4.69) is 30.8 Å². The number of rotatable bonds is 5. The fraction of sp³-hybridized carbons (Fsp3) is 0.500. The summed E-state index contributed by atoms with van der Waals surface area (Å²) in [4.78, 5) is 8.39. The highest BCUT2D eigenvalue weighted by Crippen LogP contribution is 2.12. The number of ether oxygens (including phenoxy) is 1. The summed E-state index contributed by atoms with van der Waals surface area (Å²) in [7, 11) is 0. The van der Waals surface area contributed by atoms with Gasteiger partial charge in [0, 0.05) is 37.6 Å². The molecule has 0 radical (unpaired) electrons. The molecule has 1 aliphatic rings.